The zero-order valence-corrected chi connectivity index (χ0v) is 13.1. The third-order valence-corrected chi connectivity index (χ3v) is 3.65. The highest BCUT2D eigenvalue weighted by atomic mass is 79.9. The lowest BCUT2D eigenvalue weighted by atomic mass is 9.82. The fourth-order valence-corrected chi connectivity index (χ4v) is 2.31. The first-order chi connectivity index (χ1) is 8.77. The van der Waals surface area contributed by atoms with Crippen molar-refractivity contribution in [1.82, 2.24) is 5.32 Å². The third-order valence-electron chi connectivity index (χ3n) is 3.16. The molecule has 1 aromatic rings. The number of aryl methyl sites for hydroxylation is 1. The highest BCUT2D eigenvalue weighted by Crippen LogP contribution is 2.28. The van der Waals surface area contributed by atoms with Gasteiger partial charge in [-0.15, -0.1) is 0 Å². The van der Waals surface area contributed by atoms with Gasteiger partial charge < -0.3 is 16.2 Å². The molecule has 0 aliphatic rings. The Hall–Kier alpha value is -0.910. The number of hydrogen-bond donors (Lipinski definition) is 3. The van der Waals surface area contributed by atoms with E-state index in [1.165, 1.54) is 5.56 Å². The number of aliphatic hydroxyl groups excluding tert-OH is 1. The minimum atomic E-state index is -1.14. The van der Waals surface area contributed by atoms with Crippen LogP contribution in [0.25, 0.3) is 0 Å². The van der Waals surface area contributed by atoms with Crippen LogP contribution in [-0.4, -0.2) is 30.2 Å². The van der Waals surface area contributed by atoms with Gasteiger partial charge in [0.25, 0.3) is 0 Å². The van der Waals surface area contributed by atoms with Crippen LogP contribution in [0.1, 0.15) is 25.0 Å². The fourth-order valence-electron chi connectivity index (χ4n) is 1.95. The maximum atomic E-state index is 11.6. The van der Waals surface area contributed by atoms with Gasteiger partial charge >= 0.3 is 0 Å². The van der Waals surface area contributed by atoms with Gasteiger partial charge in [-0.05, 0) is 30.2 Å². The first-order valence-electron chi connectivity index (χ1n) is 6.20. The molecule has 0 heterocycles. The molecule has 1 aromatic carbocycles. The minimum Gasteiger partial charge on any atom is -0.382 e. The summed E-state index contributed by atoms with van der Waals surface area (Å²) in [5.41, 5.74) is 7.35. The number of carbonyl (C=O) groups is 1. The lowest BCUT2D eigenvalue weighted by Crippen LogP contribution is -2.44. The van der Waals surface area contributed by atoms with Crippen molar-refractivity contribution >= 4 is 21.8 Å². The number of nitrogens with two attached hydrogens (primary N) is 1. The quantitative estimate of drug-likeness (QED) is 0.766. The van der Waals surface area contributed by atoms with Gasteiger partial charge in [0, 0.05) is 23.0 Å². The first kappa shape index (κ1) is 16.1. The SMILES string of the molecule is Cc1ccc(Br)cc1C(C)(C)CNC(=O)C(O)CN. The van der Waals surface area contributed by atoms with Crippen LogP contribution in [0.4, 0.5) is 0 Å². The highest BCUT2D eigenvalue weighted by molar-refractivity contribution is 9.10. The number of carbonyl (C=O) groups excluding carboxylic acids is 1. The molecule has 1 amide bonds. The third kappa shape index (κ3) is 4.30. The largest absolute Gasteiger partial charge is 0.382 e. The van der Waals surface area contributed by atoms with Crippen molar-refractivity contribution in [2.75, 3.05) is 13.1 Å². The molecule has 1 atom stereocenters. The number of nitrogens with one attached hydrogen (secondary N) is 1. The van der Waals surface area contributed by atoms with Crippen LogP contribution in [-0.2, 0) is 10.2 Å². The number of aliphatic hydroxyl groups is 1. The molecule has 4 nitrogen and oxygen atoms in total. The zero-order valence-electron chi connectivity index (χ0n) is 11.5. The Morgan fingerprint density at radius 1 is 1.53 bits per heavy atom. The summed E-state index contributed by atoms with van der Waals surface area (Å²) in [6, 6.07) is 6.09. The number of rotatable bonds is 5. The second kappa shape index (κ2) is 6.50. The molecular formula is C14H21BrN2O2. The second-order valence-corrected chi connectivity index (χ2v) is 6.23. The lowest BCUT2D eigenvalue weighted by Gasteiger charge is -2.28. The van der Waals surface area contributed by atoms with Crippen LogP contribution in [0.3, 0.4) is 0 Å². The molecule has 19 heavy (non-hydrogen) atoms. The fraction of sp³-hybridized carbons (Fsp3) is 0.500. The van der Waals surface area contributed by atoms with Gasteiger partial charge in [0.2, 0.25) is 5.91 Å². The van der Waals surface area contributed by atoms with E-state index in [2.05, 4.69) is 41.2 Å². The molecule has 0 aliphatic carbocycles. The van der Waals surface area contributed by atoms with Crippen LogP contribution in [0.15, 0.2) is 22.7 Å². The summed E-state index contributed by atoms with van der Waals surface area (Å²) in [6.45, 7) is 6.52. The van der Waals surface area contributed by atoms with Crippen molar-refractivity contribution in [2.24, 2.45) is 5.73 Å². The lowest BCUT2D eigenvalue weighted by molar-refractivity contribution is -0.129. The molecule has 0 aliphatic heterocycles. The maximum absolute atomic E-state index is 11.6. The van der Waals surface area contributed by atoms with Gasteiger partial charge in [-0.25, -0.2) is 0 Å². The summed E-state index contributed by atoms with van der Waals surface area (Å²) in [7, 11) is 0. The predicted octanol–water partition coefficient (Wildman–Crippen LogP) is 1.47. The zero-order chi connectivity index (χ0) is 14.6. The minimum absolute atomic E-state index is 0.0673. The van der Waals surface area contributed by atoms with Crippen LogP contribution in [0, 0.1) is 6.92 Å². The van der Waals surface area contributed by atoms with E-state index in [4.69, 9.17) is 5.73 Å². The Morgan fingerprint density at radius 2 is 2.16 bits per heavy atom. The Balaban J connectivity index is 2.81. The van der Waals surface area contributed by atoms with Crippen LogP contribution < -0.4 is 11.1 Å². The van der Waals surface area contributed by atoms with Gasteiger partial charge in [0.1, 0.15) is 6.10 Å². The Kier molecular flexibility index (Phi) is 5.52. The normalized spacial score (nSPS) is 13.2. The summed E-state index contributed by atoms with van der Waals surface area (Å²) in [6.07, 6.45) is -1.14. The van der Waals surface area contributed by atoms with E-state index in [0.29, 0.717) is 6.54 Å². The smallest absolute Gasteiger partial charge is 0.250 e. The molecule has 4 N–H and O–H groups in total. The number of benzene rings is 1. The van der Waals surface area contributed by atoms with E-state index in [0.717, 1.165) is 10.0 Å². The molecule has 0 radical (unpaired) electrons. The van der Waals surface area contributed by atoms with Gasteiger partial charge in [0.15, 0.2) is 0 Å². The Labute approximate surface area is 122 Å². The van der Waals surface area contributed by atoms with E-state index < -0.39 is 12.0 Å². The van der Waals surface area contributed by atoms with Crippen LogP contribution in [0.2, 0.25) is 0 Å². The number of amides is 1. The first-order valence-corrected chi connectivity index (χ1v) is 6.99. The Bertz CT molecular complexity index is 461. The predicted molar refractivity (Wildman–Crippen MR) is 80.0 cm³/mol. The molecule has 1 rings (SSSR count). The monoisotopic (exact) mass is 328 g/mol. The summed E-state index contributed by atoms with van der Waals surface area (Å²) >= 11 is 3.46. The molecule has 106 valence electrons. The topological polar surface area (TPSA) is 75.3 Å². The number of halogens is 1. The van der Waals surface area contributed by atoms with Crippen molar-refractivity contribution in [3.63, 3.8) is 0 Å². The highest BCUT2D eigenvalue weighted by Gasteiger charge is 2.24. The van der Waals surface area contributed by atoms with Crippen molar-refractivity contribution in [3.05, 3.63) is 33.8 Å². The molecular weight excluding hydrogens is 308 g/mol. The molecule has 0 saturated heterocycles. The van der Waals surface area contributed by atoms with Crippen LogP contribution in [0.5, 0.6) is 0 Å². The van der Waals surface area contributed by atoms with E-state index in [1.54, 1.807) is 0 Å². The van der Waals surface area contributed by atoms with Gasteiger partial charge in [-0.3, -0.25) is 4.79 Å². The van der Waals surface area contributed by atoms with Crippen molar-refractivity contribution in [3.8, 4) is 0 Å². The maximum Gasteiger partial charge on any atom is 0.250 e. The van der Waals surface area contributed by atoms with Crippen molar-refractivity contribution < 1.29 is 9.90 Å². The summed E-state index contributed by atoms with van der Waals surface area (Å²) in [5.74, 6) is -0.428. The van der Waals surface area contributed by atoms with Crippen molar-refractivity contribution in [2.45, 2.75) is 32.3 Å². The average molecular weight is 329 g/mol. The molecule has 0 spiro atoms. The summed E-state index contributed by atoms with van der Waals surface area (Å²) in [5, 5.41) is 12.1. The molecule has 1 unspecified atom stereocenters. The summed E-state index contributed by atoms with van der Waals surface area (Å²) in [4.78, 5) is 11.6. The average Bonchev–Trinajstić information content (AvgIpc) is 2.37. The van der Waals surface area contributed by atoms with Crippen LogP contribution >= 0.6 is 15.9 Å². The molecule has 0 bridgehead atoms. The summed E-state index contributed by atoms with van der Waals surface area (Å²) < 4.78 is 1.01. The second-order valence-electron chi connectivity index (χ2n) is 5.31. The molecule has 0 aromatic heterocycles. The molecule has 0 saturated carbocycles. The molecule has 5 heteroatoms. The van der Waals surface area contributed by atoms with E-state index in [9.17, 15) is 9.90 Å². The molecule has 0 fully saturated rings. The van der Waals surface area contributed by atoms with E-state index >= 15 is 0 Å². The van der Waals surface area contributed by atoms with Crippen molar-refractivity contribution in [1.29, 1.82) is 0 Å². The standard InChI is InChI=1S/C14H21BrN2O2/c1-9-4-5-10(15)6-11(9)14(2,3)8-17-13(19)12(18)7-16/h4-6,12,18H,7-8,16H2,1-3H3,(H,17,19). The number of hydrogen-bond acceptors (Lipinski definition) is 3. The Morgan fingerprint density at radius 3 is 2.74 bits per heavy atom. The van der Waals surface area contributed by atoms with E-state index in [-0.39, 0.29) is 12.0 Å². The van der Waals surface area contributed by atoms with Gasteiger partial charge in [-0.1, -0.05) is 35.8 Å². The van der Waals surface area contributed by atoms with Gasteiger partial charge in [0.05, 0.1) is 0 Å². The van der Waals surface area contributed by atoms with Gasteiger partial charge in [-0.2, -0.15) is 0 Å². The van der Waals surface area contributed by atoms with E-state index in [1.807, 2.05) is 19.1 Å².